The van der Waals surface area contributed by atoms with Crippen LogP contribution in [-0.2, 0) is 6.54 Å². The van der Waals surface area contributed by atoms with Crippen LogP contribution in [0.4, 0.5) is 0 Å². The highest BCUT2D eigenvalue weighted by molar-refractivity contribution is 9.11. The molecule has 0 radical (unpaired) electrons. The van der Waals surface area contributed by atoms with E-state index in [9.17, 15) is 0 Å². The second-order valence-electron chi connectivity index (χ2n) is 5.82. The highest BCUT2D eigenvalue weighted by Gasteiger charge is 2.33. The third-order valence-electron chi connectivity index (χ3n) is 4.36. The van der Waals surface area contributed by atoms with Crippen LogP contribution in [0, 0.1) is 5.92 Å². The summed E-state index contributed by atoms with van der Waals surface area (Å²) in [5.41, 5.74) is 7.56. The summed E-state index contributed by atoms with van der Waals surface area (Å²) in [6.45, 7) is 4.04. The molecule has 0 aliphatic heterocycles. The quantitative estimate of drug-likeness (QED) is 0.858. The highest BCUT2D eigenvalue weighted by Crippen LogP contribution is 2.36. The van der Waals surface area contributed by atoms with Crippen LogP contribution in [0.2, 0.25) is 0 Å². The number of halogens is 1. The van der Waals surface area contributed by atoms with Gasteiger partial charge in [-0.1, -0.05) is 19.3 Å². The summed E-state index contributed by atoms with van der Waals surface area (Å²) in [5.74, 6) is 0.898. The Labute approximate surface area is 123 Å². The number of rotatable bonds is 6. The third-order valence-corrected chi connectivity index (χ3v) is 5.91. The van der Waals surface area contributed by atoms with Crippen LogP contribution in [0.5, 0.6) is 0 Å². The lowest BCUT2D eigenvalue weighted by Gasteiger charge is -2.42. The fourth-order valence-corrected chi connectivity index (χ4v) is 3.81. The van der Waals surface area contributed by atoms with Crippen LogP contribution >= 0.6 is 27.3 Å². The molecule has 0 saturated heterocycles. The van der Waals surface area contributed by atoms with Crippen molar-refractivity contribution >= 4 is 27.3 Å². The van der Waals surface area contributed by atoms with Crippen molar-refractivity contribution in [3.63, 3.8) is 0 Å². The van der Waals surface area contributed by atoms with Crippen molar-refractivity contribution in [2.45, 2.75) is 44.7 Å². The molecule has 0 aromatic carbocycles. The number of hydrogen-bond donors (Lipinski definition) is 1. The zero-order chi connectivity index (χ0) is 13.2. The van der Waals surface area contributed by atoms with Crippen molar-refractivity contribution in [3.05, 3.63) is 20.8 Å². The minimum absolute atomic E-state index is 0.138. The molecule has 1 aromatic rings. The molecule has 1 unspecified atom stereocenters. The van der Waals surface area contributed by atoms with E-state index in [-0.39, 0.29) is 5.54 Å². The molecule has 1 atom stereocenters. The summed E-state index contributed by atoms with van der Waals surface area (Å²) in [7, 11) is 2.21. The van der Waals surface area contributed by atoms with Crippen LogP contribution in [-0.4, -0.2) is 24.0 Å². The van der Waals surface area contributed by atoms with Gasteiger partial charge in [0.1, 0.15) is 0 Å². The van der Waals surface area contributed by atoms with Gasteiger partial charge in [-0.05, 0) is 59.2 Å². The number of hydrogen-bond acceptors (Lipinski definition) is 3. The molecule has 1 aliphatic carbocycles. The average Bonchev–Trinajstić information content (AvgIpc) is 2.69. The van der Waals surface area contributed by atoms with Gasteiger partial charge in [0, 0.05) is 18.6 Å². The topological polar surface area (TPSA) is 29.3 Å². The fraction of sp³-hybridized carbons (Fsp3) is 0.714. The maximum absolute atomic E-state index is 6.05. The molecular formula is C14H23BrN2S. The molecule has 2 rings (SSSR count). The van der Waals surface area contributed by atoms with Crippen LogP contribution in [0.3, 0.4) is 0 Å². The zero-order valence-electron chi connectivity index (χ0n) is 11.3. The molecule has 18 heavy (non-hydrogen) atoms. The number of thiophene rings is 1. The first-order valence-corrected chi connectivity index (χ1v) is 8.35. The van der Waals surface area contributed by atoms with E-state index in [0.29, 0.717) is 0 Å². The van der Waals surface area contributed by atoms with E-state index in [4.69, 9.17) is 5.73 Å². The van der Waals surface area contributed by atoms with Crippen molar-refractivity contribution in [3.8, 4) is 0 Å². The molecule has 2 N–H and O–H groups in total. The molecule has 0 bridgehead atoms. The predicted molar refractivity (Wildman–Crippen MR) is 82.9 cm³/mol. The van der Waals surface area contributed by atoms with Crippen LogP contribution < -0.4 is 5.73 Å². The monoisotopic (exact) mass is 330 g/mol. The molecule has 1 aromatic heterocycles. The summed E-state index contributed by atoms with van der Waals surface area (Å²) < 4.78 is 1.21. The lowest BCUT2D eigenvalue weighted by atomic mass is 9.76. The minimum Gasteiger partial charge on any atom is -0.329 e. The molecule has 1 aliphatic rings. The van der Waals surface area contributed by atoms with Gasteiger partial charge in [0.2, 0.25) is 0 Å². The van der Waals surface area contributed by atoms with Crippen LogP contribution in [0.25, 0.3) is 0 Å². The smallest absolute Gasteiger partial charge is 0.0701 e. The summed E-state index contributed by atoms with van der Waals surface area (Å²) in [5, 5.41) is 2.22. The lowest BCUT2D eigenvalue weighted by Crippen LogP contribution is -2.51. The van der Waals surface area contributed by atoms with Crippen LogP contribution in [0.15, 0.2) is 15.2 Å². The standard InChI is InChI=1S/C14H23BrN2S/c1-14(10-16,7-11-4-3-5-11)17(2)8-12-6-13(15)18-9-12/h6,9,11H,3-5,7-8,10,16H2,1-2H3. The van der Waals surface area contributed by atoms with Crippen molar-refractivity contribution in [2.24, 2.45) is 11.7 Å². The molecule has 1 saturated carbocycles. The molecule has 0 amide bonds. The Kier molecular flexibility index (Phi) is 4.86. The summed E-state index contributed by atoms with van der Waals surface area (Å²) in [6, 6.07) is 2.21. The van der Waals surface area contributed by atoms with E-state index in [1.54, 1.807) is 11.3 Å². The van der Waals surface area contributed by atoms with Gasteiger partial charge in [-0.2, -0.15) is 0 Å². The van der Waals surface area contributed by atoms with E-state index in [1.165, 1.54) is 35.0 Å². The Bertz CT molecular complexity index is 389. The van der Waals surface area contributed by atoms with Crippen molar-refractivity contribution in [1.29, 1.82) is 0 Å². The molecule has 102 valence electrons. The SMILES string of the molecule is CN(Cc1csc(Br)c1)C(C)(CN)CC1CCC1. The molecule has 1 heterocycles. The summed E-state index contributed by atoms with van der Waals surface area (Å²) in [6.07, 6.45) is 5.44. The maximum atomic E-state index is 6.05. The van der Waals surface area contributed by atoms with E-state index >= 15 is 0 Å². The molecule has 0 spiro atoms. The lowest BCUT2D eigenvalue weighted by molar-refractivity contribution is 0.0858. The Morgan fingerprint density at radius 3 is 2.72 bits per heavy atom. The fourth-order valence-electron chi connectivity index (χ4n) is 2.61. The highest BCUT2D eigenvalue weighted by atomic mass is 79.9. The normalized spacial score (nSPS) is 19.8. The molecule has 2 nitrogen and oxygen atoms in total. The first-order valence-electron chi connectivity index (χ1n) is 6.68. The first-order chi connectivity index (χ1) is 8.53. The van der Waals surface area contributed by atoms with Crippen LogP contribution in [0.1, 0.15) is 38.2 Å². The van der Waals surface area contributed by atoms with Gasteiger partial charge in [-0.25, -0.2) is 0 Å². The summed E-state index contributed by atoms with van der Waals surface area (Å²) >= 11 is 5.28. The van der Waals surface area contributed by atoms with E-state index in [1.807, 2.05) is 0 Å². The Morgan fingerprint density at radius 2 is 2.28 bits per heavy atom. The van der Waals surface area contributed by atoms with Gasteiger partial charge in [0.05, 0.1) is 3.79 Å². The Morgan fingerprint density at radius 1 is 1.56 bits per heavy atom. The Balaban J connectivity index is 1.96. The van der Waals surface area contributed by atoms with E-state index in [0.717, 1.165) is 19.0 Å². The second-order valence-corrected chi connectivity index (χ2v) is 8.11. The third kappa shape index (κ3) is 3.35. The molecular weight excluding hydrogens is 308 g/mol. The molecule has 1 fully saturated rings. The number of nitrogens with two attached hydrogens (primary N) is 1. The van der Waals surface area contributed by atoms with Gasteiger partial charge in [-0.3, -0.25) is 4.90 Å². The number of likely N-dealkylation sites (N-methyl/N-ethyl adjacent to an activating group) is 1. The first kappa shape index (κ1) is 14.5. The van der Waals surface area contributed by atoms with Crippen molar-refractivity contribution in [1.82, 2.24) is 4.90 Å². The largest absolute Gasteiger partial charge is 0.329 e. The van der Waals surface area contributed by atoms with Gasteiger partial charge in [0.25, 0.3) is 0 Å². The van der Waals surface area contributed by atoms with Gasteiger partial charge >= 0.3 is 0 Å². The summed E-state index contributed by atoms with van der Waals surface area (Å²) in [4.78, 5) is 2.43. The minimum atomic E-state index is 0.138. The van der Waals surface area contributed by atoms with Crippen molar-refractivity contribution in [2.75, 3.05) is 13.6 Å². The maximum Gasteiger partial charge on any atom is 0.0701 e. The second kappa shape index (κ2) is 6.04. The number of nitrogens with zero attached hydrogens (tertiary/aromatic N) is 1. The van der Waals surface area contributed by atoms with Gasteiger partial charge in [0.15, 0.2) is 0 Å². The van der Waals surface area contributed by atoms with Gasteiger partial charge in [-0.15, -0.1) is 11.3 Å². The molecule has 4 heteroatoms. The van der Waals surface area contributed by atoms with Gasteiger partial charge < -0.3 is 5.73 Å². The average molecular weight is 331 g/mol. The van der Waals surface area contributed by atoms with Crippen molar-refractivity contribution < 1.29 is 0 Å². The van der Waals surface area contributed by atoms with E-state index < -0.39 is 0 Å². The Hall–Kier alpha value is 0.1000. The predicted octanol–water partition coefficient (Wildman–Crippen LogP) is 3.85. The zero-order valence-corrected chi connectivity index (χ0v) is 13.7. The van der Waals surface area contributed by atoms with E-state index in [2.05, 4.69) is 46.2 Å².